The summed E-state index contributed by atoms with van der Waals surface area (Å²) in [6.07, 6.45) is 2.99. The van der Waals surface area contributed by atoms with Gasteiger partial charge in [-0.1, -0.05) is 25.6 Å². The maximum Gasteiger partial charge on any atom is 0.219 e. The van der Waals surface area contributed by atoms with E-state index >= 15 is 0 Å². The van der Waals surface area contributed by atoms with Crippen molar-refractivity contribution in [2.75, 3.05) is 25.2 Å². The van der Waals surface area contributed by atoms with E-state index in [1.165, 1.54) is 11.8 Å². The molecule has 5 heteroatoms. The van der Waals surface area contributed by atoms with Crippen molar-refractivity contribution in [3.8, 4) is 5.88 Å². The molecule has 1 N–H and O–H groups in total. The Morgan fingerprint density at radius 3 is 2.75 bits per heavy atom. The van der Waals surface area contributed by atoms with Gasteiger partial charge in [0.15, 0.2) is 5.16 Å². The lowest BCUT2D eigenvalue weighted by Gasteiger charge is -2.09. The first-order valence-electron chi connectivity index (χ1n) is 5.39. The number of ether oxygens (including phenoxy) is 1. The van der Waals surface area contributed by atoms with Crippen LogP contribution >= 0.6 is 11.8 Å². The Balaban J connectivity index is 2.64. The average molecular weight is 241 g/mol. The van der Waals surface area contributed by atoms with Crippen molar-refractivity contribution in [1.82, 2.24) is 9.97 Å². The van der Waals surface area contributed by atoms with Crippen LogP contribution in [0.25, 0.3) is 0 Å². The van der Waals surface area contributed by atoms with Crippen LogP contribution in [0.5, 0.6) is 5.88 Å². The summed E-state index contributed by atoms with van der Waals surface area (Å²) in [4.78, 5) is 8.56. The molecule has 90 valence electrons. The van der Waals surface area contributed by atoms with Gasteiger partial charge < -0.3 is 10.1 Å². The Kier molecular flexibility index (Phi) is 5.38. The van der Waals surface area contributed by atoms with Gasteiger partial charge in [0.05, 0.1) is 6.61 Å². The molecule has 0 spiro atoms. The highest BCUT2D eigenvalue weighted by Gasteiger charge is 2.04. The van der Waals surface area contributed by atoms with Crippen LogP contribution in [0.15, 0.2) is 11.2 Å². The molecule has 1 heterocycles. The molecule has 0 fully saturated rings. The summed E-state index contributed by atoms with van der Waals surface area (Å²) in [5, 5.41) is 3.72. The van der Waals surface area contributed by atoms with Gasteiger partial charge >= 0.3 is 0 Å². The second kappa shape index (κ2) is 6.58. The van der Waals surface area contributed by atoms with E-state index in [1.54, 1.807) is 0 Å². The smallest absolute Gasteiger partial charge is 0.219 e. The fraction of sp³-hybridized carbons (Fsp3) is 0.636. The number of aromatic nitrogens is 2. The van der Waals surface area contributed by atoms with E-state index in [1.807, 2.05) is 19.4 Å². The average Bonchev–Trinajstić information content (AvgIpc) is 2.28. The Bertz CT molecular complexity index is 309. The van der Waals surface area contributed by atoms with Crippen LogP contribution in [0, 0.1) is 5.92 Å². The maximum atomic E-state index is 5.60. The first-order chi connectivity index (χ1) is 7.65. The van der Waals surface area contributed by atoms with E-state index in [-0.39, 0.29) is 0 Å². The Morgan fingerprint density at radius 1 is 1.44 bits per heavy atom. The number of hydrogen-bond acceptors (Lipinski definition) is 5. The summed E-state index contributed by atoms with van der Waals surface area (Å²) in [6.45, 7) is 5.05. The van der Waals surface area contributed by atoms with E-state index in [9.17, 15) is 0 Å². The van der Waals surface area contributed by atoms with Gasteiger partial charge in [-0.25, -0.2) is 4.98 Å². The molecule has 0 atom stereocenters. The molecule has 0 aliphatic carbocycles. The van der Waals surface area contributed by atoms with Crippen LogP contribution in [-0.4, -0.2) is 29.9 Å². The molecule has 0 aliphatic rings. The lowest BCUT2D eigenvalue weighted by molar-refractivity contribution is 0.277. The van der Waals surface area contributed by atoms with Crippen LogP contribution in [0.1, 0.15) is 20.3 Å². The molecule has 4 nitrogen and oxygen atoms in total. The van der Waals surface area contributed by atoms with E-state index in [2.05, 4.69) is 29.1 Å². The first-order valence-corrected chi connectivity index (χ1v) is 6.61. The van der Waals surface area contributed by atoms with Crippen molar-refractivity contribution in [2.24, 2.45) is 5.92 Å². The number of rotatable bonds is 6. The molecule has 0 saturated heterocycles. The van der Waals surface area contributed by atoms with Crippen LogP contribution in [0.3, 0.4) is 0 Å². The highest BCUT2D eigenvalue weighted by molar-refractivity contribution is 7.98. The number of nitrogens with one attached hydrogen (secondary N) is 1. The maximum absolute atomic E-state index is 5.60. The Morgan fingerprint density at radius 2 is 2.19 bits per heavy atom. The number of nitrogens with zero attached hydrogens (tertiary/aromatic N) is 2. The fourth-order valence-electron chi connectivity index (χ4n) is 1.10. The molecular formula is C11H19N3OS. The highest BCUT2D eigenvalue weighted by Crippen LogP contribution is 2.18. The number of anilines is 1. The summed E-state index contributed by atoms with van der Waals surface area (Å²) < 4.78 is 5.60. The summed E-state index contributed by atoms with van der Waals surface area (Å²) in [5.74, 6) is 2.08. The molecule has 0 saturated carbocycles. The third-order valence-electron chi connectivity index (χ3n) is 2.07. The Labute approximate surface area is 101 Å². The van der Waals surface area contributed by atoms with Crippen LogP contribution in [-0.2, 0) is 0 Å². The van der Waals surface area contributed by atoms with Gasteiger partial charge in [0, 0.05) is 13.1 Å². The molecule has 1 aromatic rings. The lowest BCUT2D eigenvalue weighted by Crippen LogP contribution is -2.04. The van der Waals surface area contributed by atoms with Gasteiger partial charge in [0.25, 0.3) is 0 Å². The second-order valence-electron chi connectivity index (χ2n) is 3.86. The minimum absolute atomic E-state index is 0.643. The lowest BCUT2D eigenvalue weighted by atomic mass is 10.1. The summed E-state index contributed by atoms with van der Waals surface area (Å²) >= 11 is 1.51. The van der Waals surface area contributed by atoms with E-state index < -0.39 is 0 Å². The van der Waals surface area contributed by atoms with Crippen molar-refractivity contribution in [2.45, 2.75) is 25.4 Å². The molecule has 0 bridgehead atoms. The molecular weight excluding hydrogens is 222 g/mol. The highest BCUT2D eigenvalue weighted by atomic mass is 32.2. The summed E-state index contributed by atoms with van der Waals surface area (Å²) in [6, 6.07) is 1.82. The molecule has 0 aromatic carbocycles. The SMILES string of the molecule is CNc1cc(OCCC(C)C)nc(SC)n1. The quantitative estimate of drug-likeness (QED) is 0.613. The third kappa shape index (κ3) is 4.26. The molecule has 1 aromatic heterocycles. The van der Waals surface area contributed by atoms with Gasteiger partial charge in [-0.05, 0) is 18.6 Å². The van der Waals surface area contributed by atoms with Crippen molar-refractivity contribution >= 4 is 17.6 Å². The zero-order valence-electron chi connectivity index (χ0n) is 10.3. The first kappa shape index (κ1) is 13.1. The monoisotopic (exact) mass is 241 g/mol. The minimum Gasteiger partial charge on any atom is -0.477 e. The second-order valence-corrected chi connectivity index (χ2v) is 4.63. The molecule has 0 aliphatic heterocycles. The number of hydrogen-bond donors (Lipinski definition) is 1. The van der Waals surface area contributed by atoms with Crippen LogP contribution in [0.4, 0.5) is 5.82 Å². The predicted molar refractivity (Wildman–Crippen MR) is 68.3 cm³/mol. The molecule has 0 unspecified atom stereocenters. The molecule has 0 amide bonds. The van der Waals surface area contributed by atoms with Gasteiger partial charge in [0.2, 0.25) is 5.88 Å². The van der Waals surface area contributed by atoms with Crippen molar-refractivity contribution in [1.29, 1.82) is 0 Å². The zero-order valence-corrected chi connectivity index (χ0v) is 11.1. The Hall–Kier alpha value is -0.970. The summed E-state index contributed by atoms with van der Waals surface area (Å²) in [5.41, 5.74) is 0. The summed E-state index contributed by atoms with van der Waals surface area (Å²) in [7, 11) is 1.84. The topological polar surface area (TPSA) is 47.0 Å². The van der Waals surface area contributed by atoms with Crippen LogP contribution < -0.4 is 10.1 Å². The molecule has 0 radical (unpaired) electrons. The van der Waals surface area contributed by atoms with Gasteiger partial charge in [-0.2, -0.15) is 4.98 Å². The van der Waals surface area contributed by atoms with Gasteiger partial charge in [-0.3, -0.25) is 0 Å². The molecule has 16 heavy (non-hydrogen) atoms. The van der Waals surface area contributed by atoms with E-state index in [4.69, 9.17) is 4.74 Å². The minimum atomic E-state index is 0.643. The molecule has 1 rings (SSSR count). The largest absolute Gasteiger partial charge is 0.477 e. The predicted octanol–water partition coefficient (Wildman–Crippen LogP) is 2.67. The fourth-order valence-corrected chi connectivity index (χ4v) is 1.47. The van der Waals surface area contributed by atoms with Gasteiger partial charge in [0.1, 0.15) is 5.82 Å². The van der Waals surface area contributed by atoms with Crippen molar-refractivity contribution < 1.29 is 4.74 Å². The standard InChI is InChI=1S/C11H19N3OS/c1-8(2)5-6-15-10-7-9(12-3)13-11(14-10)16-4/h7-8H,5-6H2,1-4H3,(H,12,13,14). The van der Waals surface area contributed by atoms with Crippen molar-refractivity contribution in [3.05, 3.63) is 6.07 Å². The van der Waals surface area contributed by atoms with E-state index in [0.29, 0.717) is 18.4 Å². The van der Waals surface area contributed by atoms with Crippen molar-refractivity contribution in [3.63, 3.8) is 0 Å². The van der Waals surface area contributed by atoms with E-state index in [0.717, 1.165) is 17.4 Å². The normalized spacial score (nSPS) is 10.6. The third-order valence-corrected chi connectivity index (χ3v) is 2.61. The zero-order chi connectivity index (χ0) is 12.0. The van der Waals surface area contributed by atoms with Crippen LogP contribution in [0.2, 0.25) is 0 Å². The van der Waals surface area contributed by atoms with Gasteiger partial charge in [-0.15, -0.1) is 0 Å². The number of thioether (sulfide) groups is 1.